The molecule has 0 aliphatic heterocycles. The van der Waals surface area contributed by atoms with E-state index in [0.29, 0.717) is 12.1 Å². The van der Waals surface area contributed by atoms with Gasteiger partial charge in [-0.3, -0.25) is 0 Å². The zero-order valence-corrected chi connectivity index (χ0v) is 8.39. The zero-order valence-electron chi connectivity index (χ0n) is 8.39. The van der Waals surface area contributed by atoms with Crippen molar-refractivity contribution >= 4 is 0 Å². The first-order valence-electron chi connectivity index (χ1n) is 5.62. The average Bonchev–Trinajstić information content (AvgIpc) is 2.76. The summed E-state index contributed by atoms with van der Waals surface area (Å²) in [5.41, 5.74) is 7.20. The first-order valence-corrected chi connectivity index (χ1v) is 5.62. The van der Waals surface area contributed by atoms with Gasteiger partial charge in [-0.2, -0.15) is 0 Å². The second-order valence-electron chi connectivity index (χ2n) is 4.75. The molecule has 0 spiro atoms. The lowest BCUT2D eigenvalue weighted by Crippen LogP contribution is -2.15. The molecule has 3 rings (SSSR count). The van der Waals surface area contributed by atoms with Crippen LogP contribution in [-0.2, 0) is 0 Å². The lowest BCUT2D eigenvalue weighted by Gasteiger charge is -2.10. The second kappa shape index (κ2) is 3.09. The fourth-order valence-electron chi connectivity index (χ4n) is 2.40. The van der Waals surface area contributed by atoms with Crippen LogP contribution >= 0.6 is 0 Å². The molecule has 1 heterocycles. The number of imidazole rings is 1. The Labute approximate surface area is 84.3 Å². The molecule has 0 aromatic carbocycles. The molecule has 1 aromatic rings. The molecule has 76 valence electrons. The van der Waals surface area contributed by atoms with Crippen LogP contribution in [0, 0.1) is 0 Å². The highest BCUT2D eigenvalue weighted by atomic mass is 15.1. The number of hydrogen-bond acceptors (Lipinski definition) is 2. The first kappa shape index (κ1) is 8.48. The van der Waals surface area contributed by atoms with E-state index in [1.54, 1.807) is 0 Å². The molecule has 0 saturated heterocycles. The van der Waals surface area contributed by atoms with Crippen LogP contribution in [0.3, 0.4) is 0 Å². The summed E-state index contributed by atoms with van der Waals surface area (Å²) in [6.07, 6.45) is 10.4. The van der Waals surface area contributed by atoms with Gasteiger partial charge in [-0.1, -0.05) is 0 Å². The van der Waals surface area contributed by atoms with Crippen LogP contribution in [0.2, 0.25) is 0 Å². The van der Waals surface area contributed by atoms with E-state index in [4.69, 9.17) is 5.73 Å². The van der Waals surface area contributed by atoms with Crippen molar-refractivity contribution in [1.29, 1.82) is 0 Å². The topological polar surface area (TPSA) is 43.8 Å². The predicted octanol–water partition coefficient (Wildman–Crippen LogP) is 1.81. The molecule has 0 bridgehead atoms. The summed E-state index contributed by atoms with van der Waals surface area (Å²) in [5, 5.41) is 0. The normalized spacial score (nSPS) is 32.4. The van der Waals surface area contributed by atoms with Gasteiger partial charge in [0, 0.05) is 24.2 Å². The van der Waals surface area contributed by atoms with Crippen LogP contribution in [0.5, 0.6) is 0 Å². The SMILES string of the molecule is NC1CCC(n2cnc(C3CC3)c2)C1. The van der Waals surface area contributed by atoms with E-state index < -0.39 is 0 Å². The quantitative estimate of drug-likeness (QED) is 0.774. The summed E-state index contributed by atoms with van der Waals surface area (Å²) in [4.78, 5) is 4.47. The van der Waals surface area contributed by atoms with Gasteiger partial charge >= 0.3 is 0 Å². The van der Waals surface area contributed by atoms with Crippen molar-refractivity contribution in [1.82, 2.24) is 9.55 Å². The largest absolute Gasteiger partial charge is 0.334 e. The molecule has 2 aliphatic carbocycles. The third kappa shape index (κ3) is 1.46. The van der Waals surface area contributed by atoms with Crippen LogP contribution in [0.1, 0.15) is 49.8 Å². The minimum atomic E-state index is 0.409. The number of aromatic nitrogens is 2. The maximum atomic E-state index is 5.91. The maximum Gasteiger partial charge on any atom is 0.0952 e. The van der Waals surface area contributed by atoms with E-state index in [1.165, 1.54) is 31.4 Å². The molecule has 0 amide bonds. The van der Waals surface area contributed by atoms with Crippen molar-refractivity contribution in [3.63, 3.8) is 0 Å². The molecule has 2 atom stereocenters. The van der Waals surface area contributed by atoms with Gasteiger partial charge in [-0.15, -0.1) is 0 Å². The minimum absolute atomic E-state index is 0.409. The molecular formula is C11H17N3. The Balaban J connectivity index is 1.75. The number of nitrogens with two attached hydrogens (primary N) is 1. The Morgan fingerprint density at radius 3 is 2.79 bits per heavy atom. The molecule has 0 radical (unpaired) electrons. The predicted molar refractivity (Wildman–Crippen MR) is 55.1 cm³/mol. The van der Waals surface area contributed by atoms with Crippen molar-refractivity contribution in [3.8, 4) is 0 Å². The van der Waals surface area contributed by atoms with E-state index in [9.17, 15) is 0 Å². The highest BCUT2D eigenvalue weighted by molar-refractivity contribution is 5.12. The Kier molecular flexibility index (Phi) is 1.87. The van der Waals surface area contributed by atoms with Gasteiger partial charge in [0.15, 0.2) is 0 Å². The average molecular weight is 191 g/mol. The third-order valence-electron chi connectivity index (χ3n) is 3.48. The summed E-state index contributed by atoms with van der Waals surface area (Å²) < 4.78 is 2.28. The lowest BCUT2D eigenvalue weighted by atomic mass is 10.2. The zero-order chi connectivity index (χ0) is 9.54. The fraction of sp³-hybridized carbons (Fsp3) is 0.727. The van der Waals surface area contributed by atoms with Gasteiger partial charge in [0.05, 0.1) is 12.0 Å². The standard InChI is InChI=1S/C11H17N3/c12-9-3-4-10(5-9)14-6-11(13-7-14)8-1-2-8/h6-10H,1-5,12H2. The van der Waals surface area contributed by atoms with Crippen molar-refractivity contribution < 1.29 is 0 Å². The summed E-state index contributed by atoms with van der Waals surface area (Å²) in [6.45, 7) is 0. The molecule has 2 fully saturated rings. The van der Waals surface area contributed by atoms with Crippen molar-refractivity contribution in [2.24, 2.45) is 5.73 Å². The van der Waals surface area contributed by atoms with Crippen molar-refractivity contribution in [2.75, 3.05) is 0 Å². The van der Waals surface area contributed by atoms with E-state index in [0.717, 1.165) is 12.3 Å². The third-order valence-corrected chi connectivity index (χ3v) is 3.48. The van der Waals surface area contributed by atoms with Gasteiger partial charge in [-0.25, -0.2) is 4.98 Å². The lowest BCUT2D eigenvalue weighted by molar-refractivity contribution is 0.509. The van der Waals surface area contributed by atoms with Crippen LogP contribution in [-0.4, -0.2) is 15.6 Å². The van der Waals surface area contributed by atoms with Crippen molar-refractivity contribution in [2.45, 2.75) is 50.1 Å². The molecule has 14 heavy (non-hydrogen) atoms. The van der Waals surface area contributed by atoms with Crippen LogP contribution in [0.15, 0.2) is 12.5 Å². The van der Waals surface area contributed by atoms with E-state index >= 15 is 0 Å². The first-order chi connectivity index (χ1) is 6.83. The summed E-state index contributed by atoms with van der Waals surface area (Å²) in [6, 6.07) is 1.02. The van der Waals surface area contributed by atoms with Gasteiger partial charge in [-0.05, 0) is 32.1 Å². The van der Waals surface area contributed by atoms with E-state index in [2.05, 4.69) is 15.7 Å². The molecule has 2 aliphatic rings. The van der Waals surface area contributed by atoms with Crippen molar-refractivity contribution in [3.05, 3.63) is 18.2 Å². The highest BCUT2D eigenvalue weighted by Crippen LogP contribution is 2.39. The summed E-state index contributed by atoms with van der Waals surface area (Å²) in [7, 11) is 0. The summed E-state index contributed by atoms with van der Waals surface area (Å²) in [5.74, 6) is 0.770. The molecule has 2 unspecified atom stereocenters. The van der Waals surface area contributed by atoms with E-state index in [-0.39, 0.29) is 0 Å². The number of nitrogens with zero attached hydrogens (tertiary/aromatic N) is 2. The smallest absolute Gasteiger partial charge is 0.0952 e. The van der Waals surface area contributed by atoms with Crippen LogP contribution in [0.4, 0.5) is 0 Å². The van der Waals surface area contributed by atoms with Crippen LogP contribution in [0.25, 0.3) is 0 Å². The van der Waals surface area contributed by atoms with Gasteiger partial charge in [0.2, 0.25) is 0 Å². The van der Waals surface area contributed by atoms with Crippen LogP contribution < -0.4 is 5.73 Å². The summed E-state index contributed by atoms with van der Waals surface area (Å²) >= 11 is 0. The Hall–Kier alpha value is -0.830. The Morgan fingerprint density at radius 1 is 1.29 bits per heavy atom. The number of rotatable bonds is 2. The molecule has 2 saturated carbocycles. The Bertz CT molecular complexity index is 327. The molecule has 3 heteroatoms. The molecule has 1 aromatic heterocycles. The maximum absolute atomic E-state index is 5.91. The van der Waals surface area contributed by atoms with Gasteiger partial charge in [0.1, 0.15) is 0 Å². The monoisotopic (exact) mass is 191 g/mol. The van der Waals surface area contributed by atoms with Gasteiger partial charge in [0.25, 0.3) is 0 Å². The number of hydrogen-bond donors (Lipinski definition) is 1. The molecule has 2 N–H and O–H groups in total. The highest BCUT2D eigenvalue weighted by Gasteiger charge is 2.28. The Morgan fingerprint density at radius 2 is 2.14 bits per heavy atom. The van der Waals surface area contributed by atoms with Gasteiger partial charge < -0.3 is 10.3 Å². The minimum Gasteiger partial charge on any atom is -0.334 e. The molecular weight excluding hydrogens is 174 g/mol. The van der Waals surface area contributed by atoms with E-state index in [1.807, 2.05) is 6.33 Å². The fourth-order valence-corrected chi connectivity index (χ4v) is 2.40. The second-order valence-corrected chi connectivity index (χ2v) is 4.75. The molecule has 3 nitrogen and oxygen atoms in total.